The molecule has 0 radical (unpaired) electrons. The lowest BCUT2D eigenvalue weighted by Crippen LogP contribution is -2.17. The van der Waals surface area contributed by atoms with Crippen molar-refractivity contribution in [3.63, 3.8) is 0 Å². The zero-order valence-electron chi connectivity index (χ0n) is 28.3. The highest BCUT2D eigenvalue weighted by molar-refractivity contribution is 5.96. The van der Waals surface area contributed by atoms with Crippen molar-refractivity contribution < 1.29 is 4.79 Å². The van der Waals surface area contributed by atoms with Crippen molar-refractivity contribution in [3.8, 4) is 0 Å². The molecule has 0 saturated heterocycles. The number of hydrogen-bond acceptors (Lipinski definition) is 6. The normalized spacial score (nSPS) is 11.0. The van der Waals surface area contributed by atoms with E-state index in [1.165, 1.54) is 0 Å². The van der Waals surface area contributed by atoms with E-state index in [4.69, 9.17) is 0 Å². The Kier molecular flexibility index (Phi) is 10.5. The Labute approximate surface area is 303 Å². The van der Waals surface area contributed by atoms with E-state index in [2.05, 4.69) is 91.5 Å². The van der Waals surface area contributed by atoms with Crippen LogP contribution < -0.4 is 20.7 Å². The van der Waals surface area contributed by atoms with Crippen LogP contribution in [0.2, 0.25) is 0 Å². The number of rotatable bonds is 12. The van der Waals surface area contributed by atoms with E-state index in [9.17, 15) is 4.79 Å². The van der Waals surface area contributed by atoms with Gasteiger partial charge in [-0.25, -0.2) is 5.43 Å². The number of para-hydroxylation sites is 4. The lowest BCUT2D eigenvalue weighted by atomic mass is 10.1. The summed E-state index contributed by atoms with van der Waals surface area (Å²) in [7, 11) is 0. The maximum Gasteiger partial charge on any atom is 0.271 e. The van der Waals surface area contributed by atoms with Crippen LogP contribution in [0.15, 0.2) is 204 Å². The molecule has 0 aliphatic carbocycles. The number of hydrogen-bond donors (Lipinski definition) is 2. The maximum absolute atomic E-state index is 12.9. The highest BCUT2D eigenvalue weighted by Crippen LogP contribution is 2.35. The van der Waals surface area contributed by atoms with Gasteiger partial charge >= 0.3 is 0 Å². The first-order valence-electron chi connectivity index (χ1n) is 16.9. The topological polar surface area (TPSA) is 72.3 Å². The third kappa shape index (κ3) is 8.30. The van der Waals surface area contributed by atoms with Crippen LogP contribution in [0.1, 0.15) is 21.5 Å². The van der Waals surface area contributed by atoms with Crippen LogP contribution in [-0.4, -0.2) is 18.3 Å². The van der Waals surface area contributed by atoms with Gasteiger partial charge in [0.15, 0.2) is 0 Å². The fraction of sp³-hybridized carbons (Fsp3) is 0. The zero-order chi connectivity index (χ0) is 35.4. The number of carbonyl (C=O) groups is 1. The Balaban J connectivity index is 0.960. The summed E-state index contributed by atoms with van der Waals surface area (Å²) in [6.07, 6.45) is 3.38. The summed E-state index contributed by atoms with van der Waals surface area (Å²) in [6.45, 7) is 0. The van der Waals surface area contributed by atoms with Crippen molar-refractivity contribution in [2.24, 2.45) is 10.2 Å². The molecule has 0 atom stereocenters. The molecule has 7 rings (SSSR count). The number of anilines is 7. The molecular weight excluding hydrogens is 641 g/mol. The summed E-state index contributed by atoms with van der Waals surface area (Å²) in [6, 6.07) is 64.4. The second kappa shape index (κ2) is 16.4. The first kappa shape index (κ1) is 33.3. The highest BCUT2D eigenvalue weighted by Gasteiger charge is 2.13. The van der Waals surface area contributed by atoms with Crippen molar-refractivity contribution >= 4 is 58.1 Å². The van der Waals surface area contributed by atoms with Gasteiger partial charge in [0.05, 0.1) is 18.1 Å². The second-order valence-electron chi connectivity index (χ2n) is 11.8. The SMILES string of the molecule is O=C(N/N=C/c1ccc(N(c2ccccc2)c2ccccc2)cc1)c1cccc(N/N=C/c2ccc(N(c3ccccc3)c3ccccc3)cc2)c1. The molecule has 7 aromatic rings. The van der Waals surface area contributed by atoms with Crippen molar-refractivity contribution in [2.75, 3.05) is 15.2 Å². The van der Waals surface area contributed by atoms with Gasteiger partial charge in [0.2, 0.25) is 0 Å². The van der Waals surface area contributed by atoms with Crippen LogP contribution in [0.3, 0.4) is 0 Å². The van der Waals surface area contributed by atoms with Crippen LogP contribution >= 0.6 is 0 Å². The van der Waals surface area contributed by atoms with Gasteiger partial charge in [0.1, 0.15) is 0 Å². The number of carbonyl (C=O) groups excluding carboxylic acids is 1. The van der Waals surface area contributed by atoms with Gasteiger partial charge in [-0.2, -0.15) is 10.2 Å². The predicted molar refractivity (Wildman–Crippen MR) is 215 cm³/mol. The van der Waals surface area contributed by atoms with Crippen LogP contribution in [0, 0.1) is 0 Å². The third-order valence-electron chi connectivity index (χ3n) is 8.27. The molecule has 252 valence electrons. The molecule has 7 nitrogen and oxygen atoms in total. The van der Waals surface area contributed by atoms with E-state index in [-0.39, 0.29) is 5.91 Å². The largest absolute Gasteiger partial charge is 0.311 e. The molecule has 0 bridgehead atoms. The standard InChI is InChI=1S/C45H36N6O/c52-45(49-47-34-36-26-30-44(31-27-36)51(41-20-9-3-10-21-41)42-22-11-4-12-23-42)37-14-13-15-38(32-37)48-46-33-35-24-28-43(29-25-35)50(39-16-5-1-6-17-39)40-18-7-2-8-19-40/h1-34,48H,(H,49,52)/b46-33+,47-34+. The van der Waals surface area contributed by atoms with E-state index >= 15 is 0 Å². The van der Waals surface area contributed by atoms with E-state index < -0.39 is 0 Å². The summed E-state index contributed by atoms with van der Waals surface area (Å²) in [4.78, 5) is 17.3. The quantitative estimate of drug-likeness (QED) is 0.0998. The minimum atomic E-state index is -0.322. The molecule has 52 heavy (non-hydrogen) atoms. The van der Waals surface area contributed by atoms with Gasteiger partial charge in [-0.1, -0.05) is 103 Å². The molecule has 0 spiro atoms. The molecule has 0 aromatic heterocycles. The van der Waals surface area contributed by atoms with Crippen molar-refractivity contribution in [3.05, 3.63) is 211 Å². The minimum Gasteiger partial charge on any atom is -0.311 e. The van der Waals surface area contributed by atoms with Gasteiger partial charge < -0.3 is 9.80 Å². The van der Waals surface area contributed by atoms with Crippen LogP contribution in [-0.2, 0) is 0 Å². The van der Waals surface area contributed by atoms with E-state index in [0.717, 1.165) is 45.3 Å². The average molecular weight is 677 g/mol. The molecule has 7 aromatic carbocycles. The first-order chi connectivity index (χ1) is 25.7. The van der Waals surface area contributed by atoms with Crippen LogP contribution in [0.5, 0.6) is 0 Å². The lowest BCUT2D eigenvalue weighted by molar-refractivity contribution is 0.0955. The van der Waals surface area contributed by atoms with Crippen molar-refractivity contribution in [1.29, 1.82) is 0 Å². The molecule has 0 saturated carbocycles. The number of hydrazone groups is 2. The molecule has 2 N–H and O–H groups in total. The Morgan fingerprint density at radius 2 is 0.808 bits per heavy atom. The van der Waals surface area contributed by atoms with Crippen LogP contribution in [0.25, 0.3) is 0 Å². The average Bonchev–Trinajstić information content (AvgIpc) is 3.21. The number of nitrogens with zero attached hydrogens (tertiary/aromatic N) is 4. The summed E-state index contributed by atoms with van der Waals surface area (Å²) >= 11 is 0. The van der Waals surface area contributed by atoms with E-state index in [0.29, 0.717) is 11.3 Å². The minimum absolute atomic E-state index is 0.322. The van der Waals surface area contributed by atoms with Crippen molar-refractivity contribution in [1.82, 2.24) is 5.43 Å². The highest BCUT2D eigenvalue weighted by atomic mass is 16.2. The molecule has 0 unspecified atom stereocenters. The van der Waals surface area contributed by atoms with E-state index in [1.807, 2.05) is 115 Å². The maximum atomic E-state index is 12.9. The smallest absolute Gasteiger partial charge is 0.271 e. The monoisotopic (exact) mass is 676 g/mol. The molecule has 0 aliphatic rings. The van der Waals surface area contributed by atoms with Gasteiger partial charge in [-0.15, -0.1) is 0 Å². The molecule has 0 fully saturated rings. The van der Waals surface area contributed by atoms with Gasteiger partial charge in [0, 0.05) is 39.7 Å². The number of nitrogens with one attached hydrogen (secondary N) is 2. The van der Waals surface area contributed by atoms with Crippen LogP contribution in [0.4, 0.5) is 39.8 Å². The second-order valence-corrected chi connectivity index (χ2v) is 11.8. The third-order valence-corrected chi connectivity index (χ3v) is 8.27. The van der Waals surface area contributed by atoms with Crippen molar-refractivity contribution in [2.45, 2.75) is 0 Å². The van der Waals surface area contributed by atoms with E-state index in [1.54, 1.807) is 30.6 Å². The Morgan fingerprint density at radius 1 is 0.423 bits per heavy atom. The number of benzene rings is 7. The zero-order valence-corrected chi connectivity index (χ0v) is 28.3. The lowest BCUT2D eigenvalue weighted by Gasteiger charge is -2.25. The summed E-state index contributed by atoms with van der Waals surface area (Å²) in [5, 5.41) is 8.62. The Bertz CT molecular complexity index is 2160. The molecule has 7 heteroatoms. The number of amides is 1. The Morgan fingerprint density at radius 3 is 1.23 bits per heavy atom. The fourth-order valence-electron chi connectivity index (χ4n) is 5.76. The van der Waals surface area contributed by atoms with Gasteiger partial charge in [-0.05, 0) is 102 Å². The summed E-state index contributed by atoms with van der Waals surface area (Å²) in [5.74, 6) is -0.322. The predicted octanol–water partition coefficient (Wildman–Crippen LogP) is 10.8. The fourth-order valence-corrected chi connectivity index (χ4v) is 5.76. The Hall–Kier alpha value is -7.25. The summed E-state index contributed by atoms with van der Waals surface area (Å²) < 4.78 is 0. The van der Waals surface area contributed by atoms with Gasteiger partial charge in [0.25, 0.3) is 5.91 Å². The molecule has 0 heterocycles. The molecule has 0 aliphatic heterocycles. The summed E-state index contributed by atoms with van der Waals surface area (Å²) in [5.41, 5.74) is 14.9. The molecule has 1 amide bonds. The van der Waals surface area contributed by atoms with Gasteiger partial charge in [-0.3, -0.25) is 10.2 Å². The first-order valence-corrected chi connectivity index (χ1v) is 16.9. The molecular formula is C45H36N6O.